The maximum absolute atomic E-state index is 12.4. The Balaban J connectivity index is 2.18. The van der Waals surface area contributed by atoms with Crippen molar-refractivity contribution < 1.29 is 22.1 Å². The van der Waals surface area contributed by atoms with E-state index < -0.39 is 21.7 Å². The summed E-state index contributed by atoms with van der Waals surface area (Å²) in [5, 5.41) is 16.7. The van der Waals surface area contributed by atoms with Crippen molar-refractivity contribution in [2.24, 2.45) is 4.99 Å². The lowest BCUT2D eigenvalue weighted by molar-refractivity contribution is -0.274. The van der Waals surface area contributed by atoms with Crippen LogP contribution >= 0.6 is 0 Å². The Morgan fingerprint density at radius 2 is 1.83 bits per heavy atom. The van der Waals surface area contributed by atoms with Crippen molar-refractivity contribution >= 4 is 33.8 Å². The molecule has 0 aliphatic rings. The number of guanidine groups is 1. The van der Waals surface area contributed by atoms with Crippen LogP contribution in [0.2, 0.25) is 0 Å². The molecule has 2 rings (SSSR count). The van der Waals surface area contributed by atoms with Crippen LogP contribution in [-0.2, 0) is 10.0 Å². The zero-order chi connectivity index (χ0) is 21.3. The number of hydrogen-bond acceptors (Lipinski definition) is 6. The molecular weight excluding hydrogens is 396 g/mol. The van der Waals surface area contributed by atoms with Crippen molar-refractivity contribution in [1.82, 2.24) is 10.6 Å². The van der Waals surface area contributed by atoms with Gasteiger partial charge in [0.15, 0.2) is 6.21 Å². The van der Waals surface area contributed by atoms with Gasteiger partial charge in [0.2, 0.25) is 5.96 Å². The van der Waals surface area contributed by atoms with Gasteiger partial charge in [0.05, 0.1) is 12.8 Å². The van der Waals surface area contributed by atoms with Crippen molar-refractivity contribution in [3.63, 3.8) is 0 Å². The summed E-state index contributed by atoms with van der Waals surface area (Å²) >= 11 is 0. The molecular formula is C19H22N4O5S. The highest BCUT2D eigenvalue weighted by Crippen LogP contribution is 2.17. The first-order valence-electron chi connectivity index (χ1n) is 8.67. The third kappa shape index (κ3) is 6.61. The lowest BCUT2D eigenvalue weighted by Crippen LogP contribution is -2.43. The number of sulfonamides is 1. The van der Waals surface area contributed by atoms with Crippen molar-refractivity contribution in [3.05, 3.63) is 65.4 Å². The highest BCUT2D eigenvalue weighted by Gasteiger charge is 2.18. The summed E-state index contributed by atoms with van der Waals surface area (Å²) in [4.78, 5) is 16.7. The first kappa shape index (κ1) is 21.9. The van der Waals surface area contributed by atoms with Crippen molar-refractivity contribution in [3.8, 4) is 5.75 Å². The molecule has 2 aromatic carbocycles. The van der Waals surface area contributed by atoms with Gasteiger partial charge in [0, 0.05) is 19.0 Å². The van der Waals surface area contributed by atoms with Crippen LogP contribution in [0, 0.1) is 5.21 Å². The maximum atomic E-state index is 12.4. The molecule has 0 unspecified atom stereocenters. The summed E-state index contributed by atoms with van der Waals surface area (Å²) < 4.78 is 28.6. The number of aliphatic imine (C=N–C) groups is 1. The second-order valence-electron chi connectivity index (χ2n) is 5.73. The molecule has 1 amide bonds. The first-order valence-corrected chi connectivity index (χ1v) is 10.3. The van der Waals surface area contributed by atoms with E-state index in [-0.39, 0.29) is 16.6 Å². The fourth-order valence-corrected chi connectivity index (χ4v) is 3.08. The summed E-state index contributed by atoms with van der Waals surface area (Å²) in [5.41, 5.74) is 0.924. The molecule has 2 aromatic rings. The molecule has 0 saturated carbocycles. The highest BCUT2D eigenvalue weighted by molar-refractivity contribution is 7.85. The van der Waals surface area contributed by atoms with Crippen LogP contribution in [0.15, 0.2) is 59.6 Å². The average molecular weight is 418 g/mol. The molecule has 0 fully saturated rings. The van der Waals surface area contributed by atoms with Gasteiger partial charge < -0.3 is 15.3 Å². The van der Waals surface area contributed by atoms with E-state index in [2.05, 4.69) is 15.6 Å². The van der Waals surface area contributed by atoms with E-state index in [4.69, 9.17) is 4.74 Å². The number of carbonyl (C=O) groups is 1. The van der Waals surface area contributed by atoms with E-state index in [1.165, 1.54) is 6.92 Å². The van der Waals surface area contributed by atoms with Crippen LogP contribution in [0.25, 0.3) is 0 Å². The van der Waals surface area contributed by atoms with Gasteiger partial charge >= 0.3 is 10.0 Å². The Morgan fingerprint density at radius 3 is 2.41 bits per heavy atom. The molecule has 0 radical (unpaired) electrons. The summed E-state index contributed by atoms with van der Waals surface area (Å²) in [6.07, 6.45) is 0.916. The van der Waals surface area contributed by atoms with Crippen molar-refractivity contribution in [1.29, 1.82) is 0 Å². The second-order valence-corrected chi connectivity index (χ2v) is 7.67. The van der Waals surface area contributed by atoms with Gasteiger partial charge in [-0.2, -0.15) is 8.42 Å². The number of methoxy groups -OCH3 is 1. The molecule has 154 valence electrons. The van der Waals surface area contributed by atoms with Crippen molar-refractivity contribution in [2.45, 2.75) is 6.92 Å². The minimum atomic E-state index is -3.99. The van der Waals surface area contributed by atoms with E-state index in [0.717, 1.165) is 6.21 Å². The Labute approximate surface area is 169 Å². The van der Waals surface area contributed by atoms with E-state index in [1.54, 1.807) is 61.7 Å². The third-order valence-corrected chi connectivity index (χ3v) is 5.20. The number of benzene rings is 2. The smallest absolute Gasteiger partial charge is 0.376 e. The fraction of sp³-hybridized carbons (Fsp3) is 0.211. The van der Waals surface area contributed by atoms with E-state index in [0.29, 0.717) is 17.0 Å². The Morgan fingerprint density at radius 1 is 1.17 bits per heavy atom. The molecule has 0 bridgehead atoms. The van der Waals surface area contributed by atoms with Crippen LogP contribution in [-0.4, -0.2) is 50.1 Å². The van der Waals surface area contributed by atoms with Gasteiger partial charge in [0.1, 0.15) is 11.5 Å². The molecule has 0 heterocycles. The standard InChI is InChI=1S/C19H22N4O5S/c1-3-23(25)29(26,27)14-13-20-19(21-16-9-11-17(28-2)12-10-16)22-18(24)15-7-5-4-6-8-15/h3-12H,13-14H2,1-2H3,(H2,20,21,22,24)/b23-3+. The second kappa shape index (κ2) is 10.2. The van der Waals surface area contributed by atoms with Crippen LogP contribution < -0.4 is 15.4 Å². The van der Waals surface area contributed by atoms with Crippen molar-refractivity contribution in [2.75, 3.05) is 19.4 Å². The summed E-state index contributed by atoms with van der Waals surface area (Å²) in [7, 11) is -2.45. The van der Waals surface area contributed by atoms with Crippen LogP contribution in [0.3, 0.4) is 0 Å². The molecule has 0 saturated heterocycles. The molecule has 29 heavy (non-hydrogen) atoms. The number of rotatable bonds is 7. The Hall–Kier alpha value is -3.40. The third-order valence-electron chi connectivity index (χ3n) is 3.72. The van der Waals surface area contributed by atoms with Crippen LogP contribution in [0.5, 0.6) is 5.75 Å². The lowest BCUT2D eigenvalue weighted by Gasteiger charge is -2.12. The number of hydrogen-bond donors (Lipinski definition) is 2. The van der Waals surface area contributed by atoms with Gasteiger partial charge in [-0.15, -0.1) is 0 Å². The van der Waals surface area contributed by atoms with E-state index in [1.807, 2.05) is 0 Å². The number of carbonyl (C=O) groups excluding carboxylic acids is 1. The van der Waals surface area contributed by atoms with Gasteiger partial charge in [0.25, 0.3) is 5.91 Å². The van der Waals surface area contributed by atoms with Gasteiger partial charge in [-0.25, -0.2) is 4.99 Å². The number of ether oxygens (including phenoxy) is 1. The molecule has 0 spiro atoms. The lowest BCUT2D eigenvalue weighted by atomic mass is 10.2. The molecule has 2 N–H and O–H groups in total. The Kier molecular flexibility index (Phi) is 7.72. The van der Waals surface area contributed by atoms with Crippen LogP contribution in [0.4, 0.5) is 5.69 Å². The maximum Gasteiger partial charge on any atom is 0.376 e. The number of nitrogens with one attached hydrogen (secondary N) is 2. The van der Waals surface area contributed by atoms with Gasteiger partial charge in [-0.3, -0.25) is 10.1 Å². The van der Waals surface area contributed by atoms with Gasteiger partial charge in [-0.1, -0.05) is 22.3 Å². The van der Waals surface area contributed by atoms with E-state index >= 15 is 0 Å². The number of amides is 1. The predicted molar refractivity (Wildman–Crippen MR) is 111 cm³/mol. The first-order chi connectivity index (χ1) is 13.9. The molecule has 0 aliphatic heterocycles. The minimum absolute atomic E-state index is 0.0529. The number of nitrogens with zero attached hydrogens (tertiary/aromatic N) is 2. The molecule has 0 aliphatic carbocycles. The normalized spacial score (nSPS) is 12.3. The zero-order valence-corrected chi connectivity index (χ0v) is 16.8. The van der Waals surface area contributed by atoms with E-state index in [9.17, 15) is 18.4 Å². The minimum Gasteiger partial charge on any atom is -0.608 e. The molecule has 10 heteroatoms. The summed E-state index contributed by atoms with van der Waals surface area (Å²) in [5.74, 6) is -0.189. The zero-order valence-electron chi connectivity index (χ0n) is 16.0. The molecule has 9 nitrogen and oxygen atoms in total. The highest BCUT2D eigenvalue weighted by atomic mass is 32.2. The van der Waals surface area contributed by atoms with Gasteiger partial charge in [-0.05, 0) is 36.4 Å². The summed E-state index contributed by atoms with van der Waals surface area (Å²) in [6.45, 7) is 1.20. The Bertz CT molecular complexity index is 987. The average Bonchev–Trinajstić information content (AvgIpc) is 2.74. The SMILES string of the molecule is C/C=[N+](\[O-])S(=O)(=O)CCN/C(=N/c1ccc(OC)cc1)NC(=O)c1ccccc1. The largest absolute Gasteiger partial charge is 0.608 e. The predicted octanol–water partition coefficient (Wildman–Crippen LogP) is 1.63. The molecule has 0 aromatic heterocycles. The molecule has 0 atom stereocenters. The topological polar surface area (TPSA) is 123 Å². The quantitative estimate of drug-likeness (QED) is 0.232. The monoisotopic (exact) mass is 418 g/mol. The fourth-order valence-electron chi connectivity index (χ4n) is 2.22. The van der Waals surface area contributed by atoms with Crippen LogP contribution in [0.1, 0.15) is 17.3 Å². The summed E-state index contributed by atoms with van der Waals surface area (Å²) in [6, 6.07) is 15.3.